The van der Waals surface area contributed by atoms with Gasteiger partial charge in [-0.3, -0.25) is 0 Å². The second kappa shape index (κ2) is 24.5. The Labute approximate surface area is 335 Å². The Morgan fingerprint density at radius 1 is 0.544 bits per heavy atom. The van der Waals surface area contributed by atoms with Crippen molar-refractivity contribution in [3.8, 4) is 17.2 Å². The Morgan fingerprint density at radius 2 is 0.947 bits per heavy atom. The number of benzene rings is 1. The summed E-state index contributed by atoms with van der Waals surface area (Å²) in [6.07, 6.45) is 1.80. The summed E-state index contributed by atoms with van der Waals surface area (Å²) in [5.41, 5.74) is 4.50. The Bertz CT molecular complexity index is 1610. The molecule has 0 atom stereocenters. The number of aromatic nitrogens is 1. The third-order valence-electron chi connectivity index (χ3n) is 9.10. The highest BCUT2D eigenvalue weighted by Gasteiger charge is 2.55. The number of hydrogen-bond acceptors (Lipinski definition) is 12. The highest BCUT2D eigenvalue weighted by Crippen LogP contribution is 2.48. The normalized spacial score (nSPS) is 14.6. The van der Waals surface area contributed by atoms with Gasteiger partial charge in [0.2, 0.25) is 5.75 Å². The minimum absolute atomic E-state index is 0.165. The first kappa shape index (κ1) is 46.3. The average molecular weight is 811 g/mol. The molecule has 2 aliphatic rings. The quantitative estimate of drug-likeness (QED) is 0.0776. The summed E-state index contributed by atoms with van der Waals surface area (Å²) in [7, 11) is 4.86. The molecule has 57 heavy (non-hydrogen) atoms. The summed E-state index contributed by atoms with van der Waals surface area (Å²) >= 11 is 0. The maximum atomic E-state index is 16.5. The van der Waals surface area contributed by atoms with Crippen LogP contribution in [-0.4, -0.2) is 162 Å². The summed E-state index contributed by atoms with van der Waals surface area (Å²) in [4.78, 5) is 0. The first-order valence-electron chi connectivity index (χ1n) is 19.4. The lowest BCUT2D eigenvalue weighted by molar-refractivity contribution is -0.363. The zero-order valence-electron chi connectivity index (χ0n) is 34.7. The van der Waals surface area contributed by atoms with Crippen LogP contribution in [0.5, 0.6) is 17.2 Å². The van der Waals surface area contributed by atoms with Crippen LogP contribution in [0.1, 0.15) is 36.4 Å². The van der Waals surface area contributed by atoms with Crippen molar-refractivity contribution in [3.63, 3.8) is 0 Å². The molecule has 320 valence electrons. The third kappa shape index (κ3) is 13.1. The largest absolute Gasteiger partial charge is 0.737 e. The standard InChI is InChI=1S/C40H61BF2N2O12/c1-30-26-32(3)44-38(30)37(39-31(2)27-33(4)45(39)41(44,42)43)34-28-35(55-23-20-52-17-14-49-11-8-46-5)40(57-25-22-54-19-16-51-13-10-48-7)36(29-34)56-24-21-53-18-15-50-12-9-47-6/h26-29H,8-25H2,1-7H3. The molecule has 0 fully saturated rings. The highest BCUT2D eigenvalue weighted by molar-refractivity contribution is 6.58. The second-order valence-electron chi connectivity index (χ2n) is 13.3. The highest BCUT2D eigenvalue weighted by atomic mass is 19.2. The van der Waals surface area contributed by atoms with Gasteiger partial charge < -0.3 is 74.4 Å². The van der Waals surface area contributed by atoms with Crippen molar-refractivity contribution in [3.05, 3.63) is 58.1 Å². The number of rotatable bonds is 31. The van der Waals surface area contributed by atoms with E-state index in [9.17, 15) is 0 Å². The molecule has 2 aromatic rings. The van der Waals surface area contributed by atoms with Crippen LogP contribution in [0.25, 0.3) is 5.57 Å². The number of allylic oxidation sites excluding steroid dienone is 2. The molecule has 0 spiro atoms. The van der Waals surface area contributed by atoms with Gasteiger partial charge in [-0.05, 0) is 55.8 Å². The smallest absolute Gasteiger partial charge is 0.487 e. The molecule has 2 aliphatic heterocycles. The first-order chi connectivity index (χ1) is 27.7. The molecule has 1 aromatic carbocycles. The summed E-state index contributed by atoms with van der Waals surface area (Å²) in [6.45, 7) is 9.50. The molecule has 0 unspecified atom stereocenters. The van der Waals surface area contributed by atoms with Crippen molar-refractivity contribution >= 4 is 18.3 Å². The van der Waals surface area contributed by atoms with Crippen molar-refractivity contribution < 1.29 is 70.0 Å². The van der Waals surface area contributed by atoms with Crippen LogP contribution < -0.4 is 14.2 Å². The summed E-state index contributed by atoms with van der Waals surface area (Å²) in [6, 6.07) is 5.43. The molecule has 3 heterocycles. The summed E-state index contributed by atoms with van der Waals surface area (Å²) in [5.74, 6) is 1.04. The predicted octanol–water partition coefficient (Wildman–Crippen LogP) is 4.71. The van der Waals surface area contributed by atoms with E-state index in [1.165, 1.54) is 0 Å². The van der Waals surface area contributed by atoms with Crippen LogP contribution in [0.3, 0.4) is 0 Å². The molecule has 14 nitrogen and oxygen atoms in total. The van der Waals surface area contributed by atoms with Crippen molar-refractivity contribution in [2.75, 3.05) is 140 Å². The zero-order chi connectivity index (χ0) is 41.0. The van der Waals surface area contributed by atoms with E-state index in [1.807, 2.05) is 26.0 Å². The van der Waals surface area contributed by atoms with Gasteiger partial charge >= 0.3 is 6.97 Å². The van der Waals surface area contributed by atoms with Crippen LogP contribution in [0.4, 0.5) is 8.63 Å². The van der Waals surface area contributed by atoms with Crippen molar-refractivity contribution in [1.82, 2.24) is 4.48 Å². The van der Waals surface area contributed by atoms with Crippen LogP contribution in [-0.2, 0) is 42.6 Å². The number of ether oxygens (including phenoxy) is 12. The van der Waals surface area contributed by atoms with Gasteiger partial charge in [0.15, 0.2) is 17.2 Å². The van der Waals surface area contributed by atoms with E-state index in [2.05, 4.69) is 0 Å². The molecule has 1 aromatic heterocycles. The minimum atomic E-state index is -4.17. The number of nitrogens with zero attached hydrogens (tertiary/aromatic N) is 2. The minimum Gasteiger partial charge on any atom is -0.487 e. The molecule has 0 aliphatic carbocycles. The van der Waals surface area contributed by atoms with Crippen LogP contribution in [0, 0.1) is 13.8 Å². The molecule has 4 rings (SSSR count). The van der Waals surface area contributed by atoms with Crippen molar-refractivity contribution in [2.45, 2.75) is 27.7 Å². The lowest BCUT2D eigenvalue weighted by atomic mass is 9.83. The topological polar surface area (TPSA) is 119 Å². The lowest BCUT2D eigenvalue weighted by Crippen LogP contribution is -2.51. The average Bonchev–Trinajstić information content (AvgIpc) is 3.66. The fourth-order valence-electron chi connectivity index (χ4n) is 6.67. The maximum absolute atomic E-state index is 16.5. The second-order valence-corrected chi connectivity index (χ2v) is 13.3. The third-order valence-corrected chi connectivity index (χ3v) is 9.10. The van der Waals surface area contributed by atoms with E-state index in [-0.39, 0.29) is 39.6 Å². The van der Waals surface area contributed by atoms with E-state index in [0.717, 1.165) is 20.1 Å². The van der Waals surface area contributed by atoms with Gasteiger partial charge in [-0.15, -0.1) is 0 Å². The Hall–Kier alpha value is -3.39. The van der Waals surface area contributed by atoms with E-state index in [0.29, 0.717) is 130 Å². The van der Waals surface area contributed by atoms with E-state index in [4.69, 9.17) is 56.8 Å². The monoisotopic (exact) mass is 810 g/mol. The predicted molar refractivity (Wildman–Crippen MR) is 211 cm³/mol. The van der Waals surface area contributed by atoms with Gasteiger partial charge in [0.25, 0.3) is 0 Å². The van der Waals surface area contributed by atoms with E-state index < -0.39 is 6.97 Å². The number of aryl methyl sites for hydroxylation is 2. The first-order valence-corrected chi connectivity index (χ1v) is 19.4. The molecule has 0 radical (unpaired) electrons. The molecular formula is C40H61BF2N2O12. The SMILES string of the molecule is COCCOCCOCCOc1cc(C2=C3C(C)=CC(C)=[N+]3[B-](F)(F)n3c(C)cc(C)c32)cc(OCCOCCOCCOC)c1OCCOCCOCCOC. The number of hydrogen-bond donors (Lipinski definition) is 0. The lowest BCUT2D eigenvalue weighted by Gasteiger charge is -2.34. The van der Waals surface area contributed by atoms with Crippen LogP contribution in [0.15, 0.2) is 35.5 Å². The zero-order valence-corrected chi connectivity index (χ0v) is 34.7. The molecule has 0 amide bonds. The maximum Gasteiger partial charge on any atom is 0.737 e. The van der Waals surface area contributed by atoms with Gasteiger partial charge in [-0.2, -0.15) is 0 Å². The van der Waals surface area contributed by atoms with E-state index >= 15 is 8.63 Å². The molecular weight excluding hydrogens is 749 g/mol. The molecule has 0 saturated heterocycles. The molecule has 0 saturated carbocycles. The Balaban J connectivity index is 1.66. The van der Waals surface area contributed by atoms with Gasteiger partial charge in [0.1, 0.15) is 25.5 Å². The Kier molecular flexibility index (Phi) is 19.9. The molecule has 0 N–H and O–H groups in total. The van der Waals surface area contributed by atoms with Crippen molar-refractivity contribution in [2.24, 2.45) is 0 Å². The van der Waals surface area contributed by atoms with Gasteiger partial charge in [0, 0.05) is 45.6 Å². The van der Waals surface area contributed by atoms with Crippen LogP contribution >= 0.6 is 0 Å². The summed E-state index contributed by atoms with van der Waals surface area (Å²) < 4.78 is 103. The number of halogens is 2. The number of fused-ring (bicyclic) bond motifs is 2. The van der Waals surface area contributed by atoms with Gasteiger partial charge in [-0.1, -0.05) is 0 Å². The van der Waals surface area contributed by atoms with Crippen LogP contribution in [0.2, 0.25) is 0 Å². The Morgan fingerprint density at radius 3 is 1.39 bits per heavy atom. The van der Waals surface area contributed by atoms with E-state index in [1.54, 1.807) is 47.3 Å². The fourth-order valence-corrected chi connectivity index (χ4v) is 6.67. The number of methoxy groups -OCH3 is 3. The van der Waals surface area contributed by atoms with Crippen molar-refractivity contribution in [1.29, 1.82) is 0 Å². The fraction of sp³-hybridized carbons (Fsp3) is 0.625. The van der Waals surface area contributed by atoms with Gasteiger partial charge in [-0.25, -0.2) is 0 Å². The molecule has 0 bridgehead atoms. The van der Waals surface area contributed by atoms with Gasteiger partial charge in [0.05, 0.1) is 105 Å². The molecule has 17 heteroatoms. The summed E-state index contributed by atoms with van der Waals surface area (Å²) in [5, 5.41) is 0.